The second-order valence-corrected chi connectivity index (χ2v) is 7.20. The molecule has 2 aliphatic heterocycles. The maximum absolute atomic E-state index is 14.1. The van der Waals surface area contributed by atoms with E-state index >= 15 is 0 Å². The summed E-state index contributed by atoms with van der Waals surface area (Å²) in [6.07, 6.45) is 0.584. The smallest absolute Gasteiger partial charge is 0.254 e. The molecule has 27 heavy (non-hydrogen) atoms. The Kier molecular flexibility index (Phi) is 3.34. The van der Waals surface area contributed by atoms with Crippen LogP contribution in [0.25, 0.3) is 10.8 Å². The predicted molar refractivity (Wildman–Crippen MR) is 101 cm³/mol. The molecule has 134 valence electrons. The zero-order chi connectivity index (χ0) is 18.6. The molecule has 4 nitrogen and oxygen atoms in total. The molecule has 0 saturated carbocycles. The molecular formula is C22H17FN2O2. The average Bonchev–Trinajstić information content (AvgIpc) is 3.25. The van der Waals surface area contributed by atoms with Crippen molar-refractivity contribution < 1.29 is 14.0 Å². The van der Waals surface area contributed by atoms with E-state index in [0.717, 1.165) is 11.3 Å². The summed E-state index contributed by atoms with van der Waals surface area (Å²) >= 11 is 0. The van der Waals surface area contributed by atoms with E-state index in [-0.39, 0.29) is 17.6 Å². The Bertz CT molecular complexity index is 1110. The fourth-order valence-corrected chi connectivity index (χ4v) is 4.38. The van der Waals surface area contributed by atoms with Crippen LogP contribution in [-0.4, -0.2) is 29.8 Å². The topological polar surface area (TPSA) is 49.4 Å². The number of benzene rings is 3. The van der Waals surface area contributed by atoms with Crippen molar-refractivity contribution >= 4 is 28.3 Å². The third-order valence-corrected chi connectivity index (χ3v) is 5.78. The summed E-state index contributed by atoms with van der Waals surface area (Å²) in [4.78, 5) is 27.6. The Hall–Kier alpha value is -3.21. The summed E-state index contributed by atoms with van der Waals surface area (Å²) in [6.45, 7) is 0.826. The highest BCUT2D eigenvalue weighted by atomic mass is 19.1. The minimum absolute atomic E-state index is 0.0528. The number of carbonyl (C=O) groups is 2. The van der Waals surface area contributed by atoms with Crippen molar-refractivity contribution in [3.63, 3.8) is 0 Å². The second-order valence-electron chi connectivity index (χ2n) is 7.20. The normalized spacial score (nSPS) is 20.9. The van der Waals surface area contributed by atoms with Crippen molar-refractivity contribution in [3.05, 3.63) is 77.6 Å². The SMILES string of the molecule is O=C(c1ccc(F)c2ccccc12)N1CCC2(C1)C(=O)Nc1ccccc12. The number of nitrogens with zero attached hydrogens (tertiary/aromatic N) is 1. The fourth-order valence-electron chi connectivity index (χ4n) is 4.38. The fraction of sp³-hybridized carbons (Fsp3) is 0.182. The highest BCUT2D eigenvalue weighted by molar-refractivity contribution is 6.10. The van der Waals surface area contributed by atoms with Crippen molar-refractivity contribution in [2.24, 2.45) is 0 Å². The van der Waals surface area contributed by atoms with E-state index in [1.54, 1.807) is 29.2 Å². The Labute approximate surface area is 155 Å². The number of hydrogen-bond acceptors (Lipinski definition) is 2. The molecule has 0 radical (unpaired) electrons. The summed E-state index contributed by atoms with van der Waals surface area (Å²) in [7, 11) is 0. The lowest BCUT2D eigenvalue weighted by Gasteiger charge is -2.23. The van der Waals surface area contributed by atoms with Crippen LogP contribution in [-0.2, 0) is 10.2 Å². The van der Waals surface area contributed by atoms with Gasteiger partial charge < -0.3 is 10.2 Å². The molecule has 3 aromatic carbocycles. The number of halogens is 1. The van der Waals surface area contributed by atoms with Crippen LogP contribution in [0.5, 0.6) is 0 Å². The van der Waals surface area contributed by atoms with Crippen LogP contribution in [0.2, 0.25) is 0 Å². The molecule has 1 N–H and O–H groups in total. The van der Waals surface area contributed by atoms with Crippen LogP contribution in [0.15, 0.2) is 60.7 Å². The van der Waals surface area contributed by atoms with Crippen LogP contribution >= 0.6 is 0 Å². The van der Waals surface area contributed by atoms with Crippen molar-refractivity contribution in [3.8, 4) is 0 Å². The molecule has 0 aromatic heterocycles. The third kappa shape index (κ3) is 2.21. The maximum atomic E-state index is 14.1. The van der Waals surface area contributed by atoms with Gasteiger partial charge in [0.05, 0.1) is 5.41 Å². The predicted octanol–water partition coefficient (Wildman–Crippen LogP) is 3.71. The molecule has 5 heteroatoms. The number of hydrogen-bond donors (Lipinski definition) is 1. The minimum Gasteiger partial charge on any atom is -0.337 e. The summed E-state index contributed by atoms with van der Waals surface area (Å²) < 4.78 is 14.1. The van der Waals surface area contributed by atoms with E-state index in [9.17, 15) is 14.0 Å². The number of likely N-dealkylation sites (tertiary alicyclic amines) is 1. The number of fused-ring (bicyclic) bond motifs is 3. The number of anilines is 1. The molecule has 2 heterocycles. The van der Waals surface area contributed by atoms with Crippen LogP contribution in [0.3, 0.4) is 0 Å². The number of amides is 2. The third-order valence-electron chi connectivity index (χ3n) is 5.78. The van der Waals surface area contributed by atoms with Gasteiger partial charge in [-0.3, -0.25) is 9.59 Å². The first-order valence-electron chi connectivity index (χ1n) is 8.98. The summed E-state index contributed by atoms with van der Waals surface area (Å²) in [6, 6.07) is 17.5. The molecule has 1 spiro atoms. The van der Waals surface area contributed by atoms with E-state index < -0.39 is 5.41 Å². The van der Waals surface area contributed by atoms with Gasteiger partial charge in [0.25, 0.3) is 5.91 Å². The first-order chi connectivity index (χ1) is 13.1. The largest absolute Gasteiger partial charge is 0.337 e. The highest BCUT2D eigenvalue weighted by Gasteiger charge is 2.52. The van der Waals surface area contributed by atoms with E-state index in [1.807, 2.05) is 24.3 Å². The number of para-hydroxylation sites is 1. The van der Waals surface area contributed by atoms with E-state index in [2.05, 4.69) is 5.32 Å². The van der Waals surface area contributed by atoms with Crippen LogP contribution < -0.4 is 5.32 Å². The van der Waals surface area contributed by atoms with E-state index in [1.165, 1.54) is 12.1 Å². The van der Waals surface area contributed by atoms with Gasteiger partial charge in [0, 0.05) is 29.7 Å². The van der Waals surface area contributed by atoms with Gasteiger partial charge in [0.1, 0.15) is 5.82 Å². The summed E-state index contributed by atoms with van der Waals surface area (Å²) in [5.41, 5.74) is 1.55. The summed E-state index contributed by atoms with van der Waals surface area (Å²) in [5.74, 6) is -0.563. The molecule has 0 aliphatic carbocycles. The molecule has 3 aromatic rings. The molecule has 1 saturated heterocycles. The maximum Gasteiger partial charge on any atom is 0.254 e. The van der Waals surface area contributed by atoms with Crippen LogP contribution in [0.4, 0.5) is 10.1 Å². The molecule has 5 rings (SSSR count). The average molecular weight is 360 g/mol. The van der Waals surface area contributed by atoms with Gasteiger partial charge >= 0.3 is 0 Å². The Morgan fingerprint density at radius 1 is 1.00 bits per heavy atom. The Morgan fingerprint density at radius 2 is 1.74 bits per heavy atom. The van der Waals surface area contributed by atoms with Gasteiger partial charge in [-0.05, 0) is 35.6 Å². The van der Waals surface area contributed by atoms with E-state index in [4.69, 9.17) is 0 Å². The highest BCUT2D eigenvalue weighted by Crippen LogP contribution is 2.44. The van der Waals surface area contributed by atoms with Crippen LogP contribution in [0.1, 0.15) is 22.3 Å². The molecule has 1 atom stereocenters. The molecular weight excluding hydrogens is 343 g/mol. The van der Waals surface area contributed by atoms with Gasteiger partial charge in [-0.1, -0.05) is 42.5 Å². The zero-order valence-corrected chi connectivity index (χ0v) is 14.5. The molecule has 2 amide bonds. The zero-order valence-electron chi connectivity index (χ0n) is 14.5. The lowest BCUT2D eigenvalue weighted by Crippen LogP contribution is -2.39. The monoisotopic (exact) mass is 360 g/mol. The number of rotatable bonds is 1. The first-order valence-corrected chi connectivity index (χ1v) is 8.98. The minimum atomic E-state index is -0.692. The van der Waals surface area contributed by atoms with Crippen molar-refractivity contribution in [1.29, 1.82) is 0 Å². The van der Waals surface area contributed by atoms with E-state index in [0.29, 0.717) is 35.8 Å². The van der Waals surface area contributed by atoms with Crippen molar-refractivity contribution in [2.75, 3.05) is 18.4 Å². The summed E-state index contributed by atoms with van der Waals surface area (Å²) in [5, 5.41) is 3.97. The molecule has 2 aliphatic rings. The molecule has 0 bridgehead atoms. The van der Waals surface area contributed by atoms with Crippen molar-refractivity contribution in [1.82, 2.24) is 4.90 Å². The Morgan fingerprint density at radius 3 is 2.59 bits per heavy atom. The number of nitrogens with one attached hydrogen (secondary N) is 1. The van der Waals surface area contributed by atoms with Gasteiger partial charge in [0.2, 0.25) is 5.91 Å². The first kappa shape index (κ1) is 16.0. The van der Waals surface area contributed by atoms with Gasteiger partial charge in [0.15, 0.2) is 0 Å². The van der Waals surface area contributed by atoms with Crippen LogP contribution in [0, 0.1) is 5.82 Å². The van der Waals surface area contributed by atoms with Gasteiger partial charge in [-0.15, -0.1) is 0 Å². The van der Waals surface area contributed by atoms with Gasteiger partial charge in [-0.25, -0.2) is 4.39 Å². The van der Waals surface area contributed by atoms with Crippen molar-refractivity contribution in [2.45, 2.75) is 11.8 Å². The molecule has 1 unspecified atom stereocenters. The second kappa shape index (κ2) is 5.64. The number of carbonyl (C=O) groups excluding carboxylic acids is 2. The Balaban J connectivity index is 1.53. The lowest BCUT2D eigenvalue weighted by molar-refractivity contribution is -0.120. The van der Waals surface area contributed by atoms with Gasteiger partial charge in [-0.2, -0.15) is 0 Å². The quantitative estimate of drug-likeness (QED) is 0.719. The lowest BCUT2D eigenvalue weighted by atomic mass is 9.81. The standard InChI is InChI=1S/C22H17FN2O2/c23-18-10-9-16(14-5-1-2-6-15(14)18)20(26)25-12-11-22(13-25)17-7-3-4-8-19(17)24-21(22)27/h1-10H,11-13H2,(H,24,27). The molecule has 1 fully saturated rings.